The van der Waals surface area contributed by atoms with Crippen molar-refractivity contribution in [2.45, 2.75) is 10.1 Å². The van der Waals surface area contributed by atoms with Gasteiger partial charge < -0.3 is 9.72 Å². The number of benzene rings is 1. The van der Waals surface area contributed by atoms with E-state index in [0.717, 1.165) is 26.8 Å². The lowest BCUT2D eigenvalue weighted by Crippen LogP contribution is -1.85. The molecule has 5 nitrogen and oxygen atoms in total. The molecule has 0 fully saturated rings. The maximum absolute atomic E-state index is 9.03. The van der Waals surface area contributed by atoms with E-state index in [1.165, 1.54) is 11.8 Å². The van der Waals surface area contributed by atoms with Crippen LogP contribution in [0.4, 0.5) is 0 Å². The molecule has 6 heteroatoms. The minimum Gasteiger partial charge on any atom is -0.497 e. The van der Waals surface area contributed by atoms with E-state index in [9.17, 15) is 0 Å². The smallest absolute Gasteiger partial charge is 0.171 e. The summed E-state index contributed by atoms with van der Waals surface area (Å²) in [6.07, 6.45) is 1.60. The van der Waals surface area contributed by atoms with Crippen molar-refractivity contribution in [1.82, 2.24) is 15.0 Å². The number of fused-ring (bicyclic) bond motifs is 1. The van der Waals surface area contributed by atoms with Gasteiger partial charge in [-0.05, 0) is 36.0 Å². The second kappa shape index (κ2) is 5.23. The van der Waals surface area contributed by atoms with Crippen molar-refractivity contribution < 1.29 is 4.74 Å². The molecule has 0 aliphatic heterocycles. The van der Waals surface area contributed by atoms with E-state index in [1.54, 1.807) is 19.4 Å². The van der Waals surface area contributed by atoms with Crippen LogP contribution in [0.15, 0.2) is 46.6 Å². The van der Waals surface area contributed by atoms with Crippen molar-refractivity contribution >= 4 is 22.8 Å². The van der Waals surface area contributed by atoms with E-state index in [-0.39, 0.29) is 0 Å². The highest BCUT2D eigenvalue weighted by atomic mass is 32.2. The zero-order valence-electron chi connectivity index (χ0n) is 10.6. The summed E-state index contributed by atoms with van der Waals surface area (Å²) >= 11 is 1.39. The summed E-state index contributed by atoms with van der Waals surface area (Å²) in [6.45, 7) is 0. The van der Waals surface area contributed by atoms with Gasteiger partial charge in [0.15, 0.2) is 10.9 Å². The van der Waals surface area contributed by atoms with Crippen molar-refractivity contribution in [2.24, 2.45) is 0 Å². The summed E-state index contributed by atoms with van der Waals surface area (Å²) in [6, 6.07) is 11.4. The van der Waals surface area contributed by atoms with Crippen LogP contribution in [0.2, 0.25) is 0 Å². The van der Waals surface area contributed by atoms with Crippen molar-refractivity contribution in [3.8, 4) is 11.8 Å². The Morgan fingerprint density at radius 3 is 3.05 bits per heavy atom. The second-order valence-electron chi connectivity index (χ2n) is 3.99. The Morgan fingerprint density at radius 2 is 2.25 bits per heavy atom. The van der Waals surface area contributed by atoms with Gasteiger partial charge in [-0.15, -0.1) is 0 Å². The van der Waals surface area contributed by atoms with Crippen molar-refractivity contribution in [3.63, 3.8) is 0 Å². The highest BCUT2D eigenvalue weighted by molar-refractivity contribution is 7.99. The average molecular weight is 282 g/mol. The van der Waals surface area contributed by atoms with Gasteiger partial charge in [0.2, 0.25) is 0 Å². The third-order valence-electron chi connectivity index (χ3n) is 2.75. The molecule has 0 atom stereocenters. The normalized spacial score (nSPS) is 10.4. The van der Waals surface area contributed by atoms with E-state index in [0.29, 0.717) is 5.69 Å². The number of ether oxygens (including phenoxy) is 1. The number of nitrogens with one attached hydrogen (secondary N) is 1. The van der Waals surface area contributed by atoms with E-state index < -0.39 is 0 Å². The summed E-state index contributed by atoms with van der Waals surface area (Å²) in [5, 5.41) is 9.75. The number of rotatable bonds is 3. The van der Waals surface area contributed by atoms with Crippen molar-refractivity contribution in [2.75, 3.05) is 7.11 Å². The lowest BCUT2D eigenvalue weighted by atomic mass is 10.3. The molecule has 0 radical (unpaired) electrons. The minimum atomic E-state index is 0.399. The molecule has 3 rings (SSSR count). The van der Waals surface area contributed by atoms with Crippen LogP contribution in [0.1, 0.15) is 5.69 Å². The third-order valence-corrected chi connectivity index (χ3v) is 3.69. The molecule has 0 saturated heterocycles. The molecule has 0 spiro atoms. The fourth-order valence-electron chi connectivity index (χ4n) is 1.80. The standard InChI is InChI=1S/C14H10N4OS/c1-19-9-4-5-10-11(7-9)18-14(17-10)20-13-3-2-6-16-12(13)8-15/h2-7H,1H3,(H,17,18). The molecule has 0 saturated carbocycles. The van der Waals surface area contributed by atoms with E-state index in [4.69, 9.17) is 10.00 Å². The lowest BCUT2D eigenvalue weighted by Gasteiger charge is -1.98. The number of aromatic amines is 1. The van der Waals surface area contributed by atoms with Crippen molar-refractivity contribution in [3.05, 3.63) is 42.2 Å². The third kappa shape index (κ3) is 2.31. The van der Waals surface area contributed by atoms with Crippen LogP contribution in [0, 0.1) is 11.3 Å². The summed E-state index contributed by atoms with van der Waals surface area (Å²) in [7, 11) is 1.63. The number of H-pyrrole nitrogens is 1. The van der Waals surface area contributed by atoms with Gasteiger partial charge in [-0.1, -0.05) is 0 Å². The lowest BCUT2D eigenvalue weighted by molar-refractivity contribution is 0.415. The quantitative estimate of drug-likeness (QED) is 0.799. The molecule has 20 heavy (non-hydrogen) atoms. The van der Waals surface area contributed by atoms with Crippen LogP contribution in [0.5, 0.6) is 5.75 Å². The molecule has 1 aromatic carbocycles. The predicted octanol–water partition coefficient (Wildman–Crippen LogP) is 2.99. The predicted molar refractivity (Wildman–Crippen MR) is 75.7 cm³/mol. The molecule has 0 bridgehead atoms. The fraction of sp³-hybridized carbons (Fsp3) is 0.0714. The largest absolute Gasteiger partial charge is 0.497 e. The number of imidazole rings is 1. The van der Waals surface area contributed by atoms with Gasteiger partial charge >= 0.3 is 0 Å². The fourth-order valence-corrected chi connectivity index (χ4v) is 2.66. The first-order valence-electron chi connectivity index (χ1n) is 5.87. The van der Waals surface area contributed by atoms with Crippen molar-refractivity contribution in [1.29, 1.82) is 5.26 Å². The van der Waals surface area contributed by atoms with Gasteiger partial charge in [-0.25, -0.2) is 9.97 Å². The molecule has 98 valence electrons. The molecule has 0 aliphatic rings. The zero-order chi connectivity index (χ0) is 13.9. The first kappa shape index (κ1) is 12.5. The summed E-state index contributed by atoms with van der Waals surface area (Å²) in [5.74, 6) is 0.775. The van der Waals surface area contributed by atoms with Gasteiger partial charge in [0.25, 0.3) is 0 Å². The number of methoxy groups -OCH3 is 1. The van der Waals surface area contributed by atoms with E-state index in [2.05, 4.69) is 21.0 Å². The molecule has 1 N–H and O–H groups in total. The Labute approximate surface area is 119 Å². The number of nitrogens with zero attached hydrogens (tertiary/aromatic N) is 3. The molecule has 0 aliphatic carbocycles. The van der Waals surface area contributed by atoms with Gasteiger partial charge in [-0.2, -0.15) is 5.26 Å². The number of nitriles is 1. The highest BCUT2D eigenvalue weighted by Gasteiger charge is 2.09. The molecule has 0 unspecified atom stereocenters. The number of hydrogen-bond donors (Lipinski definition) is 1. The second-order valence-corrected chi connectivity index (χ2v) is 5.02. The SMILES string of the molecule is COc1ccc2nc(Sc3cccnc3C#N)[nH]c2c1. The first-order chi connectivity index (χ1) is 9.80. The number of aromatic nitrogens is 3. The molecular formula is C14H10N4OS. The monoisotopic (exact) mass is 282 g/mol. The molecule has 3 aromatic rings. The van der Waals surface area contributed by atoms with Gasteiger partial charge in [0.05, 0.1) is 23.0 Å². The van der Waals surface area contributed by atoms with Gasteiger partial charge in [-0.3, -0.25) is 0 Å². The van der Waals surface area contributed by atoms with Crippen LogP contribution in [0.25, 0.3) is 11.0 Å². The Bertz CT molecular complexity index is 806. The number of pyridine rings is 1. The molecule has 2 aromatic heterocycles. The maximum atomic E-state index is 9.03. The highest BCUT2D eigenvalue weighted by Crippen LogP contribution is 2.29. The molecule has 0 amide bonds. The molecular weight excluding hydrogens is 272 g/mol. The molecule has 2 heterocycles. The summed E-state index contributed by atoms with van der Waals surface area (Å²) in [5.41, 5.74) is 2.15. The van der Waals surface area contributed by atoms with Crippen LogP contribution < -0.4 is 4.74 Å². The van der Waals surface area contributed by atoms with Gasteiger partial charge in [0, 0.05) is 12.3 Å². The Balaban J connectivity index is 1.97. The van der Waals surface area contributed by atoms with E-state index in [1.807, 2.05) is 24.3 Å². The number of hydrogen-bond acceptors (Lipinski definition) is 5. The summed E-state index contributed by atoms with van der Waals surface area (Å²) < 4.78 is 5.18. The van der Waals surface area contributed by atoms with Gasteiger partial charge in [0.1, 0.15) is 11.8 Å². The Morgan fingerprint density at radius 1 is 1.35 bits per heavy atom. The minimum absolute atomic E-state index is 0.399. The topological polar surface area (TPSA) is 74.6 Å². The Kier molecular flexibility index (Phi) is 3.27. The zero-order valence-corrected chi connectivity index (χ0v) is 11.4. The summed E-state index contributed by atoms with van der Waals surface area (Å²) in [4.78, 5) is 12.5. The Hall–Kier alpha value is -2.52. The average Bonchev–Trinajstić information content (AvgIpc) is 2.89. The maximum Gasteiger partial charge on any atom is 0.171 e. The van der Waals surface area contributed by atoms with E-state index >= 15 is 0 Å². The van der Waals surface area contributed by atoms with Crippen LogP contribution in [-0.2, 0) is 0 Å². The first-order valence-corrected chi connectivity index (χ1v) is 6.68. The van der Waals surface area contributed by atoms with Crippen LogP contribution in [-0.4, -0.2) is 22.1 Å². The van der Waals surface area contributed by atoms with Crippen LogP contribution >= 0.6 is 11.8 Å². The van der Waals surface area contributed by atoms with Crippen LogP contribution in [0.3, 0.4) is 0 Å².